The maximum atomic E-state index is 11.7. The Labute approximate surface area is 175 Å². The summed E-state index contributed by atoms with van der Waals surface area (Å²) in [7, 11) is 1.17. The number of anilines is 1. The molecule has 156 valence electrons. The van der Waals surface area contributed by atoms with E-state index in [-0.39, 0.29) is 6.04 Å². The predicted molar refractivity (Wildman–Crippen MR) is 115 cm³/mol. The molecule has 0 heterocycles. The van der Waals surface area contributed by atoms with Crippen molar-refractivity contribution in [3.8, 4) is 18.4 Å². The van der Waals surface area contributed by atoms with Gasteiger partial charge in [0.25, 0.3) is 5.91 Å². The second-order valence-electron chi connectivity index (χ2n) is 6.40. The quantitative estimate of drug-likeness (QED) is 0.484. The molecule has 0 unspecified atom stereocenters. The van der Waals surface area contributed by atoms with Gasteiger partial charge in [0.05, 0.1) is 17.7 Å². The normalized spacial score (nSPS) is 11.0. The predicted octanol–water partition coefficient (Wildman–Crippen LogP) is 4.49. The lowest BCUT2D eigenvalue weighted by molar-refractivity contribution is -0.142. The molecule has 30 heavy (non-hydrogen) atoms. The highest BCUT2D eigenvalue weighted by atomic mass is 19.3. The number of carbonyl (C=O) groups is 1. The Kier molecular flexibility index (Phi) is 9.19. The van der Waals surface area contributed by atoms with E-state index in [9.17, 15) is 13.6 Å². The molecule has 7 heteroatoms. The zero-order chi connectivity index (χ0) is 22.7. The van der Waals surface area contributed by atoms with Crippen LogP contribution in [-0.4, -0.2) is 25.1 Å². The Morgan fingerprint density at radius 2 is 1.87 bits per heavy atom. The third-order valence-corrected chi connectivity index (χ3v) is 4.18. The third-order valence-electron chi connectivity index (χ3n) is 4.18. The van der Waals surface area contributed by atoms with Gasteiger partial charge < -0.3 is 16.0 Å². The highest BCUT2D eigenvalue weighted by Crippen LogP contribution is 2.25. The highest BCUT2D eigenvalue weighted by molar-refractivity contribution is 5.86. The number of rotatable bonds is 6. The van der Waals surface area contributed by atoms with Crippen molar-refractivity contribution in [3.63, 3.8) is 0 Å². The Morgan fingerprint density at radius 1 is 1.27 bits per heavy atom. The van der Waals surface area contributed by atoms with Gasteiger partial charge in [-0.05, 0) is 42.3 Å². The number of hydrogen-bond acceptors (Lipinski definition) is 4. The summed E-state index contributed by atoms with van der Waals surface area (Å²) in [6.07, 6.45) is 7.54. The number of hydrogen-bond donors (Lipinski definition) is 3. The SMILES string of the molecule is C#Cc1ccc([C@H](CC)Nc2ccc(C#N)cc2C=N)cc1.CNC(=O)C(C)(F)F. The van der Waals surface area contributed by atoms with Gasteiger partial charge in [0, 0.05) is 37.0 Å². The van der Waals surface area contributed by atoms with Gasteiger partial charge in [-0.15, -0.1) is 6.42 Å². The van der Waals surface area contributed by atoms with Crippen LogP contribution in [-0.2, 0) is 4.79 Å². The molecule has 0 aliphatic heterocycles. The fraction of sp³-hybridized carbons (Fsp3) is 0.261. The van der Waals surface area contributed by atoms with Crippen LogP contribution in [0.4, 0.5) is 14.5 Å². The molecular weight excluding hydrogens is 386 g/mol. The Morgan fingerprint density at radius 3 is 2.27 bits per heavy atom. The first-order valence-electron chi connectivity index (χ1n) is 9.17. The fourth-order valence-electron chi connectivity index (χ4n) is 2.52. The van der Waals surface area contributed by atoms with Crippen LogP contribution in [0.25, 0.3) is 0 Å². The zero-order valence-corrected chi connectivity index (χ0v) is 17.1. The first-order chi connectivity index (χ1) is 14.2. The summed E-state index contributed by atoms with van der Waals surface area (Å²) < 4.78 is 23.4. The van der Waals surface area contributed by atoms with Gasteiger partial charge in [0.15, 0.2) is 0 Å². The smallest absolute Gasteiger partial charge is 0.321 e. The molecule has 0 aromatic heterocycles. The van der Waals surface area contributed by atoms with Crippen LogP contribution >= 0.6 is 0 Å². The molecule has 3 N–H and O–H groups in total. The fourth-order valence-corrected chi connectivity index (χ4v) is 2.52. The van der Waals surface area contributed by atoms with E-state index in [0.29, 0.717) is 18.1 Å². The van der Waals surface area contributed by atoms with Crippen LogP contribution in [0.1, 0.15) is 48.6 Å². The first-order valence-corrected chi connectivity index (χ1v) is 9.17. The van der Waals surface area contributed by atoms with Gasteiger partial charge in [-0.3, -0.25) is 4.79 Å². The summed E-state index contributed by atoms with van der Waals surface area (Å²) in [5.41, 5.74) is 4.11. The van der Waals surface area contributed by atoms with Crippen molar-refractivity contribution in [1.82, 2.24) is 5.32 Å². The van der Waals surface area contributed by atoms with Crippen LogP contribution in [0.3, 0.4) is 0 Å². The van der Waals surface area contributed by atoms with Crippen molar-refractivity contribution >= 4 is 17.8 Å². The van der Waals surface area contributed by atoms with Gasteiger partial charge in [0.2, 0.25) is 0 Å². The molecule has 0 fully saturated rings. The lowest BCUT2D eigenvalue weighted by Gasteiger charge is -2.20. The average Bonchev–Trinajstić information content (AvgIpc) is 2.76. The largest absolute Gasteiger partial charge is 0.378 e. The molecule has 0 saturated heterocycles. The van der Waals surface area contributed by atoms with Gasteiger partial charge in [0.1, 0.15) is 0 Å². The number of nitriles is 1. The lowest BCUT2D eigenvalue weighted by atomic mass is 10.0. The molecule has 1 atom stereocenters. The van der Waals surface area contributed by atoms with Gasteiger partial charge >= 0.3 is 5.92 Å². The minimum Gasteiger partial charge on any atom is -0.378 e. The summed E-state index contributed by atoms with van der Waals surface area (Å²) in [6.45, 7) is 2.65. The van der Waals surface area contributed by atoms with E-state index in [0.717, 1.165) is 23.2 Å². The summed E-state index contributed by atoms with van der Waals surface area (Å²) in [5, 5.41) is 21.7. The lowest BCUT2D eigenvalue weighted by Crippen LogP contribution is -2.34. The number of nitrogens with zero attached hydrogens (tertiary/aromatic N) is 1. The molecule has 0 bridgehead atoms. The van der Waals surface area contributed by atoms with Gasteiger partial charge in [-0.25, -0.2) is 0 Å². The standard InChI is InChI=1S/C19H17N3.C4H7F2NO/c1-3-14-5-8-16(9-6-14)18(4-2)22-19-10-7-15(12-20)11-17(19)13-21;1-4(5,6)3(8)7-2/h1,5-11,13,18,21-22H,4H2,2H3;1-2H3,(H,7,8)/t18-;/m0./s1. The Hall–Kier alpha value is -3.71. The Bertz CT molecular complexity index is 951. The van der Waals surface area contributed by atoms with Gasteiger partial charge in [-0.2, -0.15) is 14.0 Å². The minimum absolute atomic E-state index is 0.124. The zero-order valence-electron chi connectivity index (χ0n) is 17.1. The Balaban J connectivity index is 0.000000479. The van der Waals surface area contributed by atoms with Crippen molar-refractivity contribution in [1.29, 1.82) is 10.7 Å². The molecule has 1 amide bonds. The summed E-state index contributed by atoms with van der Waals surface area (Å²) >= 11 is 0. The second-order valence-corrected chi connectivity index (χ2v) is 6.40. The van der Waals surface area contributed by atoms with E-state index in [1.165, 1.54) is 13.3 Å². The molecule has 2 aromatic rings. The van der Waals surface area contributed by atoms with Crippen molar-refractivity contribution < 1.29 is 13.6 Å². The van der Waals surface area contributed by atoms with E-state index < -0.39 is 11.8 Å². The van der Waals surface area contributed by atoms with Crippen molar-refractivity contribution in [2.45, 2.75) is 32.2 Å². The highest BCUT2D eigenvalue weighted by Gasteiger charge is 2.30. The number of alkyl halides is 2. The number of amides is 1. The topological polar surface area (TPSA) is 88.8 Å². The molecule has 0 radical (unpaired) electrons. The van der Waals surface area contributed by atoms with Crippen LogP contribution in [0.5, 0.6) is 0 Å². The van der Waals surface area contributed by atoms with E-state index >= 15 is 0 Å². The van der Waals surface area contributed by atoms with Crippen LogP contribution < -0.4 is 10.6 Å². The van der Waals surface area contributed by atoms with Crippen LogP contribution in [0.2, 0.25) is 0 Å². The maximum Gasteiger partial charge on any atom is 0.321 e. The average molecular weight is 410 g/mol. The van der Waals surface area contributed by atoms with E-state index in [1.807, 2.05) is 35.6 Å². The van der Waals surface area contributed by atoms with Crippen LogP contribution in [0, 0.1) is 29.1 Å². The molecule has 0 aliphatic carbocycles. The number of benzene rings is 2. The summed E-state index contributed by atoms with van der Waals surface area (Å²) in [4.78, 5) is 9.97. The van der Waals surface area contributed by atoms with Gasteiger partial charge in [-0.1, -0.05) is 25.0 Å². The van der Waals surface area contributed by atoms with Crippen LogP contribution in [0.15, 0.2) is 42.5 Å². The second kappa shape index (κ2) is 11.3. The number of halogens is 2. The number of terminal acetylenes is 1. The summed E-state index contributed by atoms with van der Waals surface area (Å²) in [6, 6.07) is 15.4. The van der Waals surface area contributed by atoms with E-state index in [4.69, 9.17) is 17.1 Å². The van der Waals surface area contributed by atoms with Crippen molar-refractivity contribution in [2.75, 3.05) is 12.4 Å². The van der Waals surface area contributed by atoms with E-state index in [2.05, 4.69) is 24.2 Å². The molecule has 5 nitrogen and oxygen atoms in total. The minimum atomic E-state index is -3.24. The van der Waals surface area contributed by atoms with Crippen molar-refractivity contribution in [2.24, 2.45) is 0 Å². The molecule has 2 rings (SSSR count). The number of carbonyl (C=O) groups excluding carboxylic acids is 1. The molecule has 0 saturated carbocycles. The third kappa shape index (κ3) is 7.03. The number of nitrogens with one attached hydrogen (secondary N) is 3. The molecular formula is C23H24F2N4O. The summed E-state index contributed by atoms with van der Waals surface area (Å²) in [5.74, 6) is -1.88. The first kappa shape index (κ1) is 24.3. The molecule has 0 aliphatic rings. The van der Waals surface area contributed by atoms with Crippen molar-refractivity contribution in [3.05, 3.63) is 64.7 Å². The monoisotopic (exact) mass is 410 g/mol. The molecule has 2 aromatic carbocycles. The van der Waals surface area contributed by atoms with E-state index in [1.54, 1.807) is 12.1 Å². The maximum absolute atomic E-state index is 11.7. The molecule has 0 spiro atoms.